The average molecular weight is 621 g/mol. The Morgan fingerprint density at radius 2 is 1.71 bits per heavy atom. The number of rotatable bonds is 9. The van der Waals surface area contributed by atoms with Gasteiger partial charge in [-0.25, -0.2) is 9.89 Å². The van der Waals surface area contributed by atoms with Crippen molar-refractivity contribution in [1.29, 1.82) is 0 Å². The fraction of sp³-hybridized carbons (Fsp3) is 0.455. The molecule has 2 aromatic heterocycles. The Morgan fingerprint density at radius 3 is 2.40 bits per heavy atom. The van der Waals surface area contributed by atoms with Crippen LogP contribution < -0.4 is 16.0 Å². The van der Waals surface area contributed by atoms with Crippen LogP contribution in [0.2, 0.25) is 0 Å². The van der Waals surface area contributed by atoms with E-state index in [1.165, 1.54) is 17.7 Å². The molecule has 0 amide bonds. The summed E-state index contributed by atoms with van der Waals surface area (Å²) in [7, 11) is 0. The van der Waals surface area contributed by atoms with Crippen molar-refractivity contribution in [3.63, 3.8) is 0 Å². The average Bonchev–Trinajstić information content (AvgIpc) is 3.73. The SMILES string of the molecule is O=c1[nH]nc(-c2ccc(CC34C[C@H]5CC(OCc6c(-c7ccccc7OC(F)(F)F)noc6C6CC6)C[C@@H](C3)C54)cc2)c(=O)[nH]1. The van der Waals surface area contributed by atoms with Gasteiger partial charge in [0.15, 0.2) is 5.69 Å². The third-order valence-electron chi connectivity index (χ3n) is 10.3. The van der Waals surface area contributed by atoms with Crippen molar-refractivity contribution >= 4 is 0 Å². The highest BCUT2D eigenvalue weighted by Crippen LogP contribution is 2.72. The Bertz CT molecular complexity index is 1840. The summed E-state index contributed by atoms with van der Waals surface area (Å²) in [6.07, 6.45) is 2.39. The molecule has 45 heavy (non-hydrogen) atoms. The van der Waals surface area contributed by atoms with E-state index in [1.54, 1.807) is 12.1 Å². The molecule has 0 radical (unpaired) electrons. The zero-order chi connectivity index (χ0) is 30.9. The second-order valence-corrected chi connectivity index (χ2v) is 13.1. The maximum absolute atomic E-state index is 13.1. The van der Waals surface area contributed by atoms with Gasteiger partial charge in [-0.05, 0) is 85.8 Å². The molecule has 0 bridgehead atoms. The minimum atomic E-state index is -4.82. The van der Waals surface area contributed by atoms with Gasteiger partial charge in [-0.3, -0.25) is 9.78 Å². The molecule has 8 rings (SSSR count). The number of nitrogens with one attached hydrogen (secondary N) is 2. The topological polar surface area (TPSA) is 123 Å². The van der Waals surface area contributed by atoms with E-state index in [2.05, 4.69) is 25.1 Å². The summed E-state index contributed by atoms with van der Waals surface area (Å²) in [5.41, 5.74) is 2.53. The van der Waals surface area contributed by atoms with E-state index in [1.807, 2.05) is 24.3 Å². The maximum Gasteiger partial charge on any atom is 0.573 e. The number of aromatic amines is 2. The first-order chi connectivity index (χ1) is 21.7. The number of aromatic nitrogens is 4. The molecule has 4 fully saturated rings. The Kier molecular flexibility index (Phi) is 6.56. The second-order valence-electron chi connectivity index (χ2n) is 13.1. The van der Waals surface area contributed by atoms with Gasteiger partial charge >= 0.3 is 12.1 Å². The summed E-state index contributed by atoms with van der Waals surface area (Å²) in [6.45, 7) is 0.240. The molecule has 3 unspecified atom stereocenters. The van der Waals surface area contributed by atoms with Crippen LogP contribution in [0.15, 0.2) is 62.6 Å². The van der Waals surface area contributed by atoms with Crippen molar-refractivity contribution in [2.24, 2.45) is 23.2 Å². The zero-order valence-corrected chi connectivity index (χ0v) is 24.2. The molecule has 2 N–H and O–H groups in total. The Hall–Kier alpha value is -4.19. The van der Waals surface area contributed by atoms with E-state index in [4.69, 9.17) is 9.26 Å². The number of benzene rings is 2. The van der Waals surface area contributed by atoms with Crippen molar-refractivity contribution < 1.29 is 27.2 Å². The lowest BCUT2D eigenvalue weighted by Crippen LogP contribution is -2.65. The third-order valence-corrected chi connectivity index (χ3v) is 10.3. The molecule has 0 spiro atoms. The number of hydrogen-bond donors (Lipinski definition) is 2. The first-order valence-electron chi connectivity index (χ1n) is 15.4. The normalized spacial score (nSPS) is 26.9. The molecule has 4 aliphatic carbocycles. The van der Waals surface area contributed by atoms with Crippen LogP contribution in [0.5, 0.6) is 5.75 Å². The highest BCUT2D eigenvalue weighted by atomic mass is 19.4. The van der Waals surface area contributed by atoms with Crippen molar-refractivity contribution in [2.45, 2.75) is 69.9 Å². The monoisotopic (exact) mass is 620 g/mol. The Morgan fingerprint density at radius 1 is 0.978 bits per heavy atom. The molecule has 0 aliphatic heterocycles. The molecular weight excluding hydrogens is 589 g/mol. The quantitative estimate of drug-likeness (QED) is 0.231. The van der Waals surface area contributed by atoms with E-state index in [-0.39, 0.29) is 35.6 Å². The molecule has 5 atom stereocenters. The highest BCUT2D eigenvalue weighted by molar-refractivity contribution is 5.70. The van der Waals surface area contributed by atoms with E-state index >= 15 is 0 Å². The minimum Gasteiger partial charge on any atom is -0.405 e. The molecule has 9 nitrogen and oxygen atoms in total. The number of alkyl halides is 3. The smallest absolute Gasteiger partial charge is 0.405 e. The predicted molar refractivity (Wildman–Crippen MR) is 155 cm³/mol. The Labute approximate surface area is 255 Å². The van der Waals surface area contributed by atoms with Gasteiger partial charge in [-0.15, -0.1) is 13.2 Å². The molecule has 0 saturated heterocycles. The fourth-order valence-electron chi connectivity index (χ4n) is 8.49. The lowest BCUT2D eigenvalue weighted by Gasteiger charge is -2.71. The number of hydrogen-bond acceptors (Lipinski definition) is 7. The minimum absolute atomic E-state index is 0.0770. The van der Waals surface area contributed by atoms with E-state index < -0.39 is 17.6 Å². The van der Waals surface area contributed by atoms with Gasteiger partial charge in [-0.1, -0.05) is 41.6 Å². The number of ether oxygens (including phenoxy) is 2. The number of halogens is 3. The zero-order valence-electron chi connectivity index (χ0n) is 24.2. The van der Waals surface area contributed by atoms with Gasteiger partial charge in [0.1, 0.15) is 17.2 Å². The predicted octanol–water partition coefficient (Wildman–Crippen LogP) is 6.12. The van der Waals surface area contributed by atoms with Crippen LogP contribution in [0.1, 0.15) is 61.3 Å². The van der Waals surface area contributed by atoms with Crippen molar-refractivity contribution in [3.8, 4) is 28.3 Å². The molecule has 4 aromatic rings. The van der Waals surface area contributed by atoms with Gasteiger partial charge < -0.3 is 14.0 Å². The Balaban J connectivity index is 0.926. The van der Waals surface area contributed by atoms with Gasteiger partial charge in [-0.2, -0.15) is 5.10 Å². The number of para-hydroxylation sites is 1. The molecule has 2 heterocycles. The van der Waals surface area contributed by atoms with E-state index in [9.17, 15) is 22.8 Å². The summed E-state index contributed by atoms with van der Waals surface area (Å²) >= 11 is 0. The standard InChI is InChI=1S/C33H31F3N4O5/c34-33(35,36)44-25-4-2-1-3-23(25)28-24(29(45-40-28)19-9-10-19)16-43-22-11-20-14-32(15-21(12-22)26(20)32)13-17-5-7-18(8-6-17)27-30(41)37-31(42)39-38-27/h1-8,19-22,26H,9-16H2,(H2,37,39,41,42)/t20-,21+,22?,26?,32?. The van der Waals surface area contributed by atoms with Gasteiger partial charge in [0, 0.05) is 22.6 Å². The summed E-state index contributed by atoms with van der Waals surface area (Å²) in [5.74, 6) is 2.48. The molecule has 12 heteroatoms. The lowest BCUT2D eigenvalue weighted by molar-refractivity contribution is -0.274. The molecular formula is C33H31F3N4O5. The lowest BCUT2D eigenvalue weighted by atomic mass is 9.34. The van der Waals surface area contributed by atoms with Crippen LogP contribution in [0.25, 0.3) is 22.5 Å². The van der Waals surface area contributed by atoms with Gasteiger partial charge in [0.2, 0.25) is 0 Å². The van der Waals surface area contributed by atoms with Gasteiger partial charge in [0.05, 0.1) is 12.7 Å². The van der Waals surface area contributed by atoms with Crippen molar-refractivity contribution in [1.82, 2.24) is 20.3 Å². The van der Waals surface area contributed by atoms with Crippen LogP contribution in [0.3, 0.4) is 0 Å². The highest BCUT2D eigenvalue weighted by Gasteiger charge is 2.66. The molecule has 4 saturated carbocycles. The first kappa shape index (κ1) is 28.3. The maximum atomic E-state index is 13.1. The largest absolute Gasteiger partial charge is 0.573 e. The first-order valence-corrected chi connectivity index (χ1v) is 15.4. The third kappa shape index (κ3) is 5.18. The summed E-state index contributed by atoms with van der Waals surface area (Å²) in [5, 5.41) is 10.4. The number of H-pyrrole nitrogens is 2. The summed E-state index contributed by atoms with van der Waals surface area (Å²) in [6, 6.07) is 13.9. The molecule has 234 valence electrons. The molecule has 2 aromatic carbocycles. The van der Waals surface area contributed by atoms with Gasteiger partial charge in [0.25, 0.3) is 5.56 Å². The van der Waals surface area contributed by atoms with E-state index in [0.717, 1.165) is 50.5 Å². The van der Waals surface area contributed by atoms with E-state index in [0.29, 0.717) is 40.2 Å². The van der Waals surface area contributed by atoms with Crippen LogP contribution in [0.4, 0.5) is 13.2 Å². The summed E-state index contributed by atoms with van der Waals surface area (Å²) < 4.78 is 55.9. The van der Waals surface area contributed by atoms with Crippen LogP contribution in [0, 0.1) is 23.2 Å². The molecule has 4 aliphatic rings. The summed E-state index contributed by atoms with van der Waals surface area (Å²) in [4.78, 5) is 25.6. The van der Waals surface area contributed by atoms with Crippen molar-refractivity contribution in [2.75, 3.05) is 0 Å². The van der Waals surface area contributed by atoms with Crippen molar-refractivity contribution in [3.05, 3.63) is 86.3 Å². The fourth-order valence-corrected chi connectivity index (χ4v) is 8.49. The number of nitrogens with zero attached hydrogens (tertiary/aromatic N) is 2. The van der Waals surface area contributed by atoms with Crippen LogP contribution in [-0.2, 0) is 17.8 Å². The second kappa shape index (κ2) is 10.4. The van der Waals surface area contributed by atoms with Crippen LogP contribution >= 0.6 is 0 Å². The van der Waals surface area contributed by atoms with Crippen LogP contribution in [-0.4, -0.2) is 32.8 Å².